The van der Waals surface area contributed by atoms with Gasteiger partial charge in [0.2, 0.25) is 5.95 Å². The van der Waals surface area contributed by atoms with Crippen LogP contribution in [0, 0.1) is 0 Å². The van der Waals surface area contributed by atoms with Crippen LogP contribution in [0.25, 0.3) is 10.9 Å². The third kappa shape index (κ3) is 3.25. The number of anilines is 2. The minimum Gasteiger partial charge on any atom is -0.369 e. The molecule has 0 saturated heterocycles. The molecule has 0 fully saturated rings. The Kier molecular flexibility index (Phi) is 4.22. The molecule has 2 heterocycles. The highest BCUT2D eigenvalue weighted by atomic mass is 35.5. The number of aromatic nitrogens is 2. The van der Waals surface area contributed by atoms with Crippen LogP contribution in [0.4, 0.5) is 11.8 Å². The van der Waals surface area contributed by atoms with Gasteiger partial charge in [-0.1, -0.05) is 23.7 Å². The van der Waals surface area contributed by atoms with Gasteiger partial charge in [0, 0.05) is 23.9 Å². The number of fused-ring (bicyclic) bond motifs is 1. The van der Waals surface area contributed by atoms with Crippen molar-refractivity contribution in [2.75, 3.05) is 24.2 Å². The lowest BCUT2D eigenvalue weighted by Gasteiger charge is -2.10. The van der Waals surface area contributed by atoms with E-state index in [2.05, 4.69) is 26.7 Å². The standard InChI is InChI=1S/C15H15ClN4S/c1-17-15-19-12-5-3-2-4-11(12)14(20-15)18-9-8-10-6-7-13(16)21-10/h2-7H,8-9H2,1H3,(H2,17,18,19,20). The van der Waals surface area contributed by atoms with E-state index in [1.807, 2.05) is 37.4 Å². The molecule has 0 aliphatic heterocycles. The SMILES string of the molecule is CNc1nc(NCCc2ccc(Cl)s2)c2ccccc2n1. The zero-order valence-corrected chi connectivity index (χ0v) is 13.1. The number of halogens is 1. The second-order valence-electron chi connectivity index (χ2n) is 4.55. The van der Waals surface area contributed by atoms with E-state index < -0.39 is 0 Å². The molecular weight excluding hydrogens is 304 g/mol. The molecule has 6 heteroatoms. The van der Waals surface area contributed by atoms with Gasteiger partial charge in [0.1, 0.15) is 5.82 Å². The summed E-state index contributed by atoms with van der Waals surface area (Å²) in [5.41, 5.74) is 0.929. The molecule has 0 radical (unpaired) electrons. The smallest absolute Gasteiger partial charge is 0.224 e. The zero-order chi connectivity index (χ0) is 14.7. The fourth-order valence-electron chi connectivity index (χ4n) is 2.11. The summed E-state index contributed by atoms with van der Waals surface area (Å²) in [7, 11) is 1.82. The van der Waals surface area contributed by atoms with E-state index in [9.17, 15) is 0 Å². The van der Waals surface area contributed by atoms with Crippen LogP contribution in [0.1, 0.15) is 4.88 Å². The third-order valence-corrected chi connectivity index (χ3v) is 4.41. The Hall–Kier alpha value is -1.85. The number of nitrogens with one attached hydrogen (secondary N) is 2. The summed E-state index contributed by atoms with van der Waals surface area (Å²) in [6, 6.07) is 12.0. The molecule has 0 unspecified atom stereocenters. The van der Waals surface area contributed by atoms with Gasteiger partial charge in [0.15, 0.2) is 0 Å². The lowest BCUT2D eigenvalue weighted by atomic mass is 10.2. The monoisotopic (exact) mass is 318 g/mol. The summed E-state index contributed by atoms with van der Waals surface area (Å²) < 4.78 is 0.829. The summed E-state index contributed by atoms with van der Waals surface area (Å²) in [5, 5.41) is 7.41. The summed E-state index contributed by atoms with van der Waals surface area (Å²) in [6.45, 7) is 0.807. The number of thiophene rings is 1. The number of rotatable bonds is 5. The molecule has 1 aromatic carbocycles. The molecule has 3 aromatic rings. The van der Waals surface area contributed by atoms with Crippen molar-refractivity contribution in [2.45, 2.75) is 6.42 Å². The number of hydrogen-bond donors (Lipinski definition) is 2. The number of para-hydroxylation sites is 1. The summed E-state index contributed by atoms with van der Waals surface area (Å²) in [4.78, 5) is 10.2. The second-order valence-corrected chi connectivity index (χ2v) is 6.35. The average Bonchev–Trinajstić information content (AvgIpc) is 2.92. The molecular formula is C15H15ClN4S. The van der Waals surface area contributed by atoms with E-state index >= 15 is 0 Å². The number of hydrogen-bond acceptors (Lipinski definition) is 5. The largest absolute Gasteiger partial charge is 0.369 e. The van der Waals surface area contributed by atoms with Crippen LogP contribution in [-0.2, 0) is 6.42 Å². The van der Waals surface area contributed by atoms with Crippen molar-refractivity contribution in [3.8, 4) is 0 Å². The zero-order valence-electron chi connectivity index (χ0n) is 11.6. The predicted octanol–water partition coefficient (Wildman–Crippen LogP) is 4.04. The van der Waals surface area contributed by atoms with Gasteiger partial charge in [-0.15, -0.1) is 11.3 Å². The van der Waals surface area contributed by atoms with E-state index in [0.29, 0.717) is 5.95 Å². The van der Waals surface area contributed by atoms with E-state index in [1.54, 1.807) is 11.3 Å². The van der Waals surface area contributed by atoms with Gasteiger partial charge in [-0.2, -0.15) is 4.98 Å². The summed E-state index contributed by atoms with van der Waals surface area (Å²) in [5.74, 6) is 1.47. The fourth-order valence-corrected chi connectivity index (χ4v) is 3.20. The van der Waals surface area contributed by atoms with Gasteiger partial charge in [-0.25, -0.2) is 4.98 Å². The molecule has 0 saturated carbocycles. The Labute approximate surface area is 132 Å². The van der Waals surface area contributed by atoms with Crippen molar-refractivity contribution in [3.63, 3.8) is 0 Å². The molecule has 0 aliphatic carbocycles. The van der Waals surface area contributed by atoms with Crippen molar-refractivity contribution in [1.82, 2.24) is 9.97 Å². The Balaban J connectivity index is 1.79. The van der Waals surface area contributed by atoms with Gasteiger partial charge in [-0.3, -0.25) is 0 Å². The Morgan fingerprint density at radius 3 is 2.76 bits per heavy atom. The van der Waals surface area contributed by atoms with Crippen molar-refractivity contribution in [2.24, 2.45) is 0 Å². The van der Waals surface area contributed by atoms with Crippen LogP contribution in [0.15, 0.2) is 36.4 Å². The highest BCUT2D eigenvalue weighted by Crippen LogP contribution is 2.23. The number of benzene rings is 1. The number of nitrogens with zero attached hydrogens (tertiary/aromatic N) is 2. The van der Waals surface area contributed by atoms with Crippen LogP contribution in [0.5, 0.6) is 0 Å². The van der Waals surface area contributed by atoms with Gasteiger partial charge in [-0.05, 0) is 30.7 Å². The van der Waals surface area contributed by atoms with E-state index in [1.165, 1.54) is 4.88 Å². The molecule has 0 bridgehead atoms. The summed E-state index contributed by atoms with van der Waals surface area (Å²) >= 11 is 7.56. The Morgan fingerprint density at radius 1 is 1.14 bits per heavy atom. The minimum atomic E-state index is 0.621. The van der Waals surface area contributed by atoms with E-state index in [0.717, 1.165) is 34.0 Å². The molecule has 2 N–H and O–H groups in total. The quantitative estimate of drug-likeness (QED) is 0.745. The first-order valence-electron chi connectivity index (χ1n) is 6.69. The molecule has 3 rings (SSSR count). The lowest BCUT2D eigenvalue weighted by molar-refractivity contribution is 1.03. The highest BCUT2D eigenvalue weighted by Gasteiger charge is 2.06. The molecule has 0 amide bonds. The van der Waals surface area contributed by atoms with E-state index in [4.69, 9.17) is 11.6 Å². The first-order chi connectivity index (χ1) is 10.3. The van der Waals surface area contributed by atoms with Crippen LogP contribution < -0.4 is 10.6 Å². The van der Waals surface area contributed by atoms with Gasteiger partial charge in [0.05, 0.1) is 9.85 Å². The second kappa shape index (κ2) is 6.28. The van der Waals surface area contributed by atoms with Gasteiger partial charge in [0.25, 0.3) is 0 Å². The molecule has 0 atom stereocenters. The first-order valence-corrected chi connectivity index (χ1v) is 7.88. The van der Waals surface area contributed by atoms with Crippen molar-refractivity contribution >= 4 is 45.6 Å². The third-order valence-electron chi connectivity index (χ3n) is 3.12. The summed E-state index contributed by atoms with van der Waals surface area (Å²) in [6.07, 6.45) is 0.921. The normalized spacial score (nSPS) is 10.8. The van der Waals surface area contributed by atoms with Crippen LogP contribution in [0.2, 0.25) is 4.34 Å². The first kappa shape index (κ1) is 14.1. The average molecular weight is 319 g/mol. The highest BCUT2D eigenvalue weighted by molar-refractivity contribution is 7.16. The van der Waals surface area contributed by atoms with Crippen LogP contribution in [0.3, 0.4) is 0 Å². The van der Waals surface area contributed by atoms with Crippen LogP contribution in [-0.4, -0.2) is 23.6 Å². The van der Waals surface area contributed by atoms with Gasteiger partial charge < -0.3 is 10.6 Å². The predicted molar refractivity (Wildman–Crippen MR) is 90.6 cm³/mol. The maximum absolute atomic E-state index is 5.94. The molecule has 0 spiro atoms. The maximum Gasteiger partial charge on any atom is 0.224 e. The van der Waals surface area contributed by atoms with Crippen molar-refractivity contribution in [3.05, 3.63) is 45.6 Å². The maximum atomic E-state index is 5.94. The molecule has 108 valence electrons. The molecule has 4 nitrogen and oxygen atoms in total. The van der Waals surface area contributed by atoms with E-state index in [-0.39, 0.29) is 0 Å². The van der Waals surface area contributed by atoms with Crippen molar-refractivity contribution < 1.29 is 0 Å². The van der Waals surface area contributed by atoms with Crippen LogP contribution >= 0.6 is 22.9 Å². The minimum absolute atomic E-state index is 0.621. The Bertz CT molecular complexity index is 756. The fraction of sp³-hybridized carbons (Fsp3) is 0.200. The lowest BCUT2D eigenvalue weighted by Crippen LogP contribution is -2.08. The molecule has 21 heavy (non-hydrogen) atoms. The molecule has 0 aliphatic rings. The topological polar surface area (TPSA) is 49.8 Å². The Morgan fingerprint density at radius 2 is 2.00 bits per heavy atom. The van der Waals surface area contributed by atoms with Gasteiger partial charge >= 0.3 is 0 Å². The molecule has 2 aromatic heterocycles. The van der Waals surface area contributed by atoms with Crippen molar-refractivity contribution in [1.29, 1.82) is 0 Å².